The van der Waals surface area contributed by atoms with Crippen molar-refractivity contribution in [1.82, 2.24) is 0 Å². The van der Waals surface area contributed by atoms with Crippen LogP contribution < -0.4 is 0 Å². The van der Waals surface area contributed by atoms with Crippen LogP contribution in [-0.2, 0) is 0 Å². The van der Waals surface area contributed by atoms with E-state index < -0.39 is 5.82 Å². The Balaban J connectivity index is 3.28. The Morgan fingerprint density at radius 3 is 2.20 bits per heavy atom. The minimum atomic E-state index is -0.420. The van der Waals surface area contributed by atoms with Gasteiger partial charge in [-0.3, -0.25) is 0 Å². The molecule has 0 unspecified atom stereocenters. The number of benzene rings is 1. The molecule has 0 bridgehead atoms. The van der Waals surface area contributed by atoms with E-state index >= 15 is 0 Å². The van der Waals surface area contributed by atoms with E-state index in [1.54, 1.807) is 0 Å². The second-order valence-corrected chi connectivity index (χ2v) is 3.80. The summed E-state index contributed by atoms with van der Waals surface area (Å²) in [5.41, 5.74) is 0. The number of hydrogen-bond acceptors (Lipinski definition) is 0. The molecule has 0 aliphatic rings. The highest BCUT2D eigenvalue weighted by molar-refractivity contribution is 9.13. The third-order valence-corrected chi connectivity index (χ3v) is 3.10. The normalized spacial score (nSPS) is 10.0. The fraction of sp³-hybridized carbons (Fsp3) is 0. The van der Waals surface area contributed by atoms with Gasteiger partial charge in [-0.05, 0) is 44.0 Å². The Bertz CT molecular complexity index is 212. The van der Waals surface area contributed by atoms with Gasteiger partial charge in [-0.15, -0.1) is 0 Å². The third-order valence-electron chi connectivity index (χ3n) is 0.963. The molecule has 0 amide bonds. The molecule has 1 aromatic rings. The van der Waals surface area contributed by atoms with Crippen molar-refractivity contribution in [3.8, 4) is 0 Å². The summed E-state index contributed by atoms with van der Waals surface area (Å²) in [6.07, 6.45) is 0. The monoisotopic (exact) mass is 286 g/mol. The molecule has 0 spiro atoms. The van der Waals surface area contributed by atoms with Crippen LogP contribution in [0.5, 0.6) is 0 Å². The van der Waals surface area contributed by atoms with E-state index in [2.05, 4.69) is 31.9 Å². The van der Waals surface area contributed by atoms with Gasteiger partial charge >= 0.3 is 0 Å². The fourth-order valence-electron chi connectivity index (χ4n) is 0.498. The lowest BCUT2D eigenvalue weighted by Crippen LogP contribution is -1.77. The molecule has 4 heteroatoms. The Hall–Kier alpha value is 0.400. The molecule has 0 saturated carbocycles. The van der Waals surface area contributed by atoms with Crippen LogP contribution in [0.4, 0.5) is 4.39 Å². The maximum atomic E-state index is 12.6. The standard InChI is InChI=1S/C6H2Br2ClF/c7-3-1-5(9)6(10)2-4(3)8/h1-2H. The van der Waals surface area contributed by atoms with Gasteiger partial charge in [0.1, 0.15) is 5.82 Å². The van der Waals surface area contributed by atoms with E-state index in [4.69, 9.17) is 11.6 Å². The van der Waals surface area contributed by atoms with Gasteiger partial charge in [-0.1, -0.05) is 11.6 Å². The summed E-state index contributed by atoms with van der Waals surface area (Å²) in [6, 6.07) is 2.81. The van der Waals surface area contributed by atoms with Crippen LogP contribution in [0.15, 0.2) is 21.1 Å². The Labute approximate surface area is 79.6 Å². The molecule has 1 rings (SSSR count). The molecule has 0 fully saturated rings. The molecular weight excluding hydrogens is 286 g/mol. The van der Waals surface area contributed by atoms with Crippen molar-refractivity contribution in [2.75, 3.05) is 0 Å². The first kappa shape index (κ1) is 8.50. The topological polar surface area (TPSA) is 0 Å². The van der Waals surface area contributed by atoms with E-state index in [1.165, 1.54) is 12.1 Å². The molecule has 0 N–H and O–H groups in total. The van der Waals surface area contributed by atoms with Crippen molar-refractivity contribution in [2.24, 2.45) is 0 Å². The minimum absolute atomic E-state index is 0.120. The minimum Gasteiger partial charge on any atom is -0.205 e. The summed E-state index contributed by atoms with van der Waals surface area (Å²) < 4.78 is 14.0. The summed E-state index contributed by atoms with van der Waals surface area (Å²) in [5, 5.41) is 0.120. The van der Waals surface area contributed by atoms with Gasteiger partial charge in [0.15, 0.2) is 0 Å². The first-order valence-electron chi connectivity index (χ1n) is 2.41. The van der Waals surface area contributed by atoms with Crippen LogP contribution in [0.2, 0.25) is 5.02 Å². The summed E-state index contributed by atoms with van der Waals surface area (Å²) in [6.45, 7) is 0. The number of rotatable bonds is 0. The van der Waals surface area contributed by atoms with E-state index in [0.29, 0.717) is 4.47 Å². The number of halogens is 4. The number of hydrogen-bond donors (Lipinski definition) is 0. The average molecular weight is 288 g/mol. The molecule has 54 valence electrons. The summed E-state index contributed by atoms with van der Waals surface area (Å²) in [5.74, 6) is -0.420. The highest BCUT2D eigenvalue weighted by Crippen LogP contribution is 2.28. The van der Waals surface area contributed by atoms with E-state index in [-0.39, 0.29) is 5.02 Å². The lowest BCUT2D eigenvalue weighted by molar-refractivity contribution is 0.627. The van der Waals surface area contributed by atoms with E-state index in [1.807, 2.05) is 0 Å². The maximum absolute atomic E-state index is 12.6. The second kappa shape index (κ2) is 3.20. The Morgan fingerprint density at radius 1 is 1.20 bits per heavy atom. The lowest BCUT2D eigenvalue weighted by atomic mass is 10.3. The van der Waals surface area contributed by atoms with Gasteiger partial charge in [-0.2, -0.15) is 0 Å². The summed E-state index contributed by atoms with van der Waals surface area (Å²) >= 11 is 11.8. The van der Waals surface area contributed by atoms with Gasteiger partial charge < -0.3 is 0 Å². The molecule has 0 aliphatic heterocycles. The molecule has 1 aromatic carbocycles. The van der Waals surface area contributed by atoms with Crippen LogP contribution in [0.3, 0.4) is 0 Å². The molecule has 0 saturated heterocycles. The molecule has 0 nitrogen and oxygen atoms in total. The first-order valence-corrected chi connectivity index (χ1v) is 4.37. The molecule has 0 heterocycles. The molecule has 0 radical (unpaired) electrons. The van der Waals surface area contributed by atoms with Crippen molar-refractivity contribution in [3.05, 3.63) is 31.9 Å². The second-order valence-electron chi connectivity index (χ2n) is 1.68. The zero-order valence-electron chi connectivity index (χ0n) is 4.67. The average Bonchev–Trinajstić information content (AvgIpc) is 1.84. The lowest BCUT2D eigenvalue weighted by Gasteiger charge is -1.96. The predicted octanol–water partition coefficient (Wildman–Crippen LogP) is 4.00. The van der Waals surface area contributed by atoms with Crippen molar-refractivity contribution < 1.29 is 4.39 Å². The highest BCUT2D eigenvalue weighted by atomic mass is 79.9. The molecule has 0 aromatic heterocycles. The van der Waals surface area contributed by atoms with Crippen molar-refractivity contribution in [2.45, 2.75) is 0 Å². The smallest absolute Gasteiger partial charge is 0.142 e. The zero-order chi connectivity index (χ0) is 7.72. The van der Waals surface area contributed by atoms with Gasteiger partial charge in [0.2, 0.25) is 0 Å². The zero-order valence-corrected chi connectivity index (χ0v) is 8.59. The van der Waals surface area contributed by atoms with Crippen molar-refractivity contribution in [3.63, 3.8) is 0 Å². The molecule has 0 aliphatic carbocycles. The summed E-state index contributed by atoms with van der Waals surface area (Å²) in [7, 11) is 0. The highest BCUT2D eigenvalue weighted by Gasteiger charge is 2.02. The molecule has 0 atom stereocenters. The Kier molecular flexibility index (Phi) is 2.72. The third kappa shape index (κ3) is 1.71. The predicted molar refractivity (Wildman–Crippen MR) is 46.8 cm³/mol. The largest absolute Gasteiger partial charge is 0.205 e. The SMILES string of the molecule is Fc1cc(Br)c(Br)cc1Cl. The van der Waals surface area contributed by atoms with E-state index in [0.717, 1.165) is 4.47 Å². The van der Waals surface area contributed by atoms with Crippen molar-refractivity contribution in [1.29, 1.82) is 0 Å². The molecule has 10 heavy (non-hydrogen) atoms. The molecular formula is C6H2Br2ClF. The van der Waals surface area contributed by atoms with Crippen LogP contribution in [0.1, 0.15) is 0 Å². The fourth-order valence-corrected chi connectivity index (χ4v) is 1.45. The van der Waals surface area contributed by atoms with Gasteiger partial charge in [0, 0.05) is 8.95 Å². The van der Waals surface area contributed by atoms with E-state index in [9.17, 15) is 4.39 Å². The van der Waals surface area contributed by atoms with Gasteiger partial charge in [-0.25, -0.2) is 4.39 Å². The van der Waals surface area contributed by atoms with Gasteiger partial charge in [0.05, 0.1) is 5.02 Å². The van der Waals surface area contributed by atoms with Crippen LogP contribution in [-0.4, -0.2) is 0 Å². The quantitative estimate of drug-likeness (QED) is 0.633. The van der Waals surface area contributed by atoms with Crippen LogP contribution in [0.25, 0.3) is 0 Å². The Morgan fingerprint density at radius 2 is 1.70 bits per heavy atom. The van der Waals surface area contributed by atoms with Crippen molar-refractivity contribution >= 4 is 43.5 Å². The van der Waals surface area contributed by atoms with Crippen LogP contribution >= 0.6 is 43.5 Å². The maximum Gasteiger partial charge on any atom is 0.142 e. The first-order chi connectivity index (χ1) is 4.61. The van der Waals surface area contributed by atoms with Gasteiger partial charge in [0.25, 0.3) is 0 Å². The van der Waals surface area contributed by atoms with Crippen LogP contribution in [0, 0.1) is 5.82 Å². The summed E-state index contributed by atoms with van der Waals surface area (Å²) in [4.78, 5) is 0.